The molecular formula is C13H29N4P. The van der Waals surface area contributed by atoms with E-state index >= 15 is 0 Å². The van der Waals surface area contributed by atoms with Crippen molar-refractivity contribution in [3.8, 4) is 0 Å². The van der Waals surface area contributed by atoms with Crippen molar-refractivity contribution in [1.82, 2.24) is 14.7 Å². The van der Waals surface area contributed by atoms with Crippen LogP contribution in [0.15, 0.2) is 4.99 Å². The van der Waals surface area contributed by atoms with Gasteiger partial charge in [-0.3, -0.25) is 4.78 Å². The maximum atomic E-state index is 4.96. The van der Waals surface area contributed by atoms with Crippen LogP contribution < -0.4 is 0 Å². The largest absolute Gasteiger partial charge is 0.342 e. The van der Waals surface area contributed by atoms with Gasteiger partial charge in [0, 0.05) is 26.7 Å². The first-order valence-corrected chi connectivity index (χ1v) is 8.14. The highest BCUT2D eigenvalue weighted by Crippen LogP contribution is 2.28. The first-order valence-electron chi connectivity index (χ1n) is 6.98. The van der Waals surface area contributed by atoms with Crippen LogP contribution >= 0.6 is 8.73 Å². The van der Waals surface area contributed by atoms with E-state index in [1.807, 2.05) is 0 Å². The van der Waals surface area contributed by atoms with E-state index in [-0.39, 0.29) is 5.54 Å². The van der Waals surface area contributed by atoms with E-state index in [4.69, 9.17) is 4.99 Å². The molecule has 1 heterocycles. The number of guanidine groups is 1. The fourth-order valence-corrected chi connectivity index (χ4v) is 3.20. The Kier molecular flexibility index (Phi) is 5.87. The van der Waals surface area contributed by atoms with Gasteiger partial charge in [-0.05, 0) is 55.9 Å². The van der Waals surface area contributed by atoms with Gasteiger partial charge in [0.1, 0.15) is 0 Å². The molecule has 0 aromatic heterocycles. The van der Waals surface area contributed by atoms with Crippen molar-refractivity contribution >= 4 is 14.7 Å². The highest BCUT2D eigenvalue weighted by molar-refractivity contribution is 7.36. The van der Waals surface area contributed by atoms with Crippen molar-refractivity contribution < 1.29 is 0 Å². The normalized spacial score (nSPS) is 20.6. The van der Waals surface area contributed by atoms with E-state index in [2.05, 4.69) is 56.4 Å². The summed E-state index contributed by atoms with van der Waals surface area (Å²) < 4.78 is 2.38. The van der Waals surface area contributed by atoms with Crippen LogP contribution in [0.5, 0.6) is 0 Å². The molecule has 1 aliphatic heterocycles. The molecular weight excluding hydrogens is 243 g/mol. The molecule has 0 aromatic carbocycles. The Morgan fingerprint density at radius 3 is 2.33 bits per heavy atom. The Labute approximate surface area is 114 Å². The van der Waals surface area contributed by atoms with Crippen LogP contribution in [0.3, 0.4) is 0 Å². The zero-order valence-electron chi connectivity index (χ0n) is 12.8. The summed E-state index contributed by atoms with van der Waals surface area (Å²) in [5, 5.41) is 2.32. The lowest BCUT2D eigenvalue weighted by atomic mass is 10.1. The lowest BCUT2D eigenvalue weighted by Gasteiger charge is -2.42. The van der Waals surface area contributed by atoms with Gasteiger partial charge >= 0.3 is 0 Å². The molecule has 4 nitrogen and oxygen atoms in total. The van der Waals surface area contributed by atoms with Crippen LogP contribution in [0, 0.1) is 0 Å². The highest BCUT2D eigenvalue weighted by atomic mass is 31.1. The predicted octanol–water partition coefficient (Wildman–Crippen LogP) is 2.63. The average Bonchev–Trinajstić information content (AvgIpc) is 2.28. The Balaban J connectivity index is 2.99. The minimum absolute atomic E-state index is 0.0271. The molecule has 0 amide bonds. The van der Waals surface area contributed by atoms with Crippen molar-refractivity contribution in [3.63, 3.8) is 0 Å². The van der Waals surface area contributed by atoms with Gasteiger partial charge < -0.3 is 4.90 Å². The first kappa shape index (κ1) is 15.7. The third-order valence-electron chi connectivity index (χ3n) is 2.93. The maximum absolute atomic E-state index is 4.96. The van der Waals surface area contributed by atoms with Gasteiger partial charge in [0.15, 0.2) is 0 Å². The number of aliphatic imine (C=N–C) groups is 1. The Morgan fingerprint density at radius 1 is 1.28 bits per heavy atom. The summed E-state index contributed by atoms with van der Waals surface area (Å²) in [7, 11) is 3.00. The second kappa shape index (κ2) is 6.72. The first-order chi connectivity index (χ1) is 8.39. The van der Waals surface area contributed by atoms with Gasteiger partial charge in [-0.25, -0.2) is 10.0 Å². The molecule has 1 aliphatic rings. The standard InChI is InChI=1S/C13H29N4P/c1-7-16(8-2)12(14-13(3,4)5)17-15(6)10-9-11-18-17/h18H,7-11H2,1-6H3. The van der Waals surface area contributed by atoms with Crippen LogP contribution in [0.4, 0.5) is 0 Å². The Hall–Kier alpha value is -0.340. The summed E-state index contributed by atoms with van der Waals surface area (Å²) in [6.45, 7) is 14.1. The molecule has 0 bridgehead atoms. The Morgan fingerprint density at radius 2 is 1.89 bits per heavy atom. The van der Waals surface area contributed by atoms with Crippen LogP contribution in [-0.4, -0.2) is 59.0 Å². The van der Waals surface area contributed by atoms with Crippen molar-refractivity contribution in [2.45, 2.75) is 46.6 Å². The molecule has 0 spiro atoms. The third kappa shape index (κ3) is 4.40. The summed E-state index contributed by atoms with van der Waals surface area (Å²) in [5.74, 6) is 1.15. The Bertz CT molecular complexity index is 281. The predicted molar refractivity (Wildman–Crippen MR) is 82.4 cm³/mol. The van der Waals surface area contributed by atoms with E-state index in [1.54, 1.807) is 0 Å². The summed E-state index contributed by atoms with van der Waals surface area (Å²) >= 11 is 0. The topological polar surface area (TPSA) is 22.1 Å². The third-order valence-corrected chi connectivity index (χ3v) is 4.35. The molecule has 0 aromatic rings. The highest BCUT2D eigenvalue weighted by Gasteiger charge is 2.25. The van der Waals surface area contributed by atoms with Crippen molar-refractivity contribution in [2.24, 2.45) is 4.99 Å². The van der Waals surface area contributed by atoms with E-state index in [1.165, 1.54) is 12.6 Å². The van der Waals surface area contributed by atoms with Crippen LogP contribution in [-0.2, 0) is 0 Å². The lowest BCUT2D eigenvalue weighted by molar-refractivity contribution is 0.144. The quantitative estimate of drug-likeness (QED) is 0.438. The molecule has 106 valence electrons. The molecule has 1 fully saturated rings. The fraction of sp³-hybridized carbons (Fsp3) is 0.923. The lowest BCUT2D eigenvalue weighted by Crippen LogP contribution is -2.50. The zero-order valence-corrected chi connectivity index (χ0v) is 13.8. The van der Waals surface area contributed by atoms with Crippen molar-refractivity contribution in [2.75, 3.05) is 32.8 Å². The van der Waals surface area contributed by atoms with Crippen LogP contribution in [0.25, 0.3) is 0 Å². The summed E-state index contributed by atoms with van der Waals surface area (Å²) in [4.78, 5) is 7.32. The van der Waals surface area contributed by atoms with E-state index < -0.39 is 0 Å². The number of hydrogen-bond donors (Lipinski definition) is 0. The van der Waals surface area contributed by atoms with Gasteiger partial charge in [0.25, 0.3) is 0 Å². The molecule has 5 heteroatoms. The minimum Gasteiger partial charge on any atom is -0.342 e. The minimum atomic E-state index is -0.0271. The second-order valence-corrected chi connectivity index (χ2v) is 6.95. The van der Waals surface area contributed by atoms with Gasteiger partial charge in [0.2, 0.25) is 5.96 Å². The maximum Gasteiger partial charge on any atom is 0.215 e. The van der Waals surface area contributed by atoms with Gasteiger partial charge in [-0.15, -0.1) is 0 Å². The molecule has 1 atom stereocenters. The molecule has 0 N–H and O–H groups in total. The monoisotopic (exact) mass is 272 g/mol. The zero-order chi connectivity index (χ0) is 13.8. The molecule has 1 saturated heterocycles. The van der Waals surface area contributed by atoms with Crippen LogP contribution in [0.2, 0.25) is 0 Å². The SMILES string of the molecule is CCN(CC)C(=NC(C)(C)C)N1PCCCN1C. The number of rotatable bonds is 2. The molecule has 0 radical (unpaired) electrons. The van der Waals surface area contributed by atoms with E-state index in [0.29, 0.717) is 0 Å². The molecule has 18 heavy (non-hydrogen) atoms. The van der Waals surface area contributed by atoms with Crippen molar-refractivity contribution in [3.05, 3.63) is 0 Å². The second-order valence-electron chi connectivity index (χ2n) is 5.71. The number of hydrazine groups is 1. The fourth-order valence-electron chi connectivity index (χ4n) is 2.00. The average molecular weight is 272 g/mol. The van der Waals surface area contributed by atoms with Gasteiger partial charge in [-0.1, -0.05) is 0 Å². The van der Waals surface area contributed by atoms with Gasteiger partial charge in [0.05, 0.1) is 5.54 Å². The smallest absolute Gasteiger partial charge is 0.215 e. The van der Waals surface area contributed by atoms with Gasteiger partial charge in [-0.2, -0.15) is 0 Å². The summed E-state index contributed by atoms with van der Waals surface area (Å²) in [6, 6.07) is 0. The summed E-state index contributed by atoms with van der Waals surface area (Å²) in [6.07, 6.45) is 2.58. The number of hydrogen-bond acceptors (Lipinski definition) is 2. The molecule has 0 saturated carbocycles. The number of nitrogens with zero attached hydrogens (tertiary/aromatic N) is 4. The summed E-state index contributed by atoms with van der Waals surface area (Å²) in [5.41, 5.74) is -0.0271. The molecule has 1 rings (SSSR count). The van der Waals surface area contributed by atoms with E-state index in [0.717, 1.165) is 34.3 Å². The molecule has 0 aliphatic carbocycles. The van der Waals surface area contributed by atoms with E-state index in [9.17, 15) is 0 Å². The van der Waals surface area contributed by atoms with Crippen LogP contribution in [0.1, 0.15) is 41.0 Å². The van der Waals surface area contributed by atoms with Crippen molar-refractivity contribution in [1.29, 1.82) is 0 Å². The molecule has 1 unspecified atom stereocenters.